The first-order chi connectivity index (χ1) is 11.7. The van der Waals surface area contributed by atoms with Crippen LogP contribution in [0.3, 0.4) is 0 Å². The van der Waals surface area contributed by atoms with Crippen LogP contribution in [0.4, 0.5) is 0 Å². The van der Waals surface area contributed by atoms with Crippen molar-refractivity contribution in [2.45, 2.75) is 32.1 Å². The number of nitrogens with one attached hydrogen (secondary N) is 1. The summed E-state index contributed by atoms with van der Waals surface area (Å²) >= 11 is 0. The van der Waals surface area contributed by atoms with Crippen LogP contribution in [0.1, 0.15) is 37.7 Å². The smallest absolute Gasteiger partial charge is 0.222 e. The first-order valence-electron chi connectivity index (χ1n) is 9.42. The number of hydrogen-bond donors (Lipinski definition) is 2. The highest BCUT2D eigenvalue weighted by atomic mass is 16.2. The summed E-state index contributed by atoms with van der Waals surface area (Å²) in [7, 11) is 0. The Morgan fingerprint density at radius 1 is 1.33 bits per heavy atom. The van der Waals surface area contributed by atoms with Gasteiger partial charge in [0, 0.05) is 25.4 Å². The molecule has 1 aromatic carbocycles. The maximum atomic E-state index is 12.8. The molecule has 0 saturated carbocycles. The third-order valence-electron chi connectivity index (χ3n) is 5.96. The van der Waals surface area contributed by atoms with E-state index >= 15 is 0 Å². The van der Waals surface area contributed by atoms with Crippen molar-refractivity contribution in [3.63, 3.8) is 0 Å². The highest BCUT2D eigenvalue weighted by Gasteiger charge is 2.36. The van der Waals surface area contributed by atoms with Crippen LogP contribution in [0.25, 0.3) is 0 Å². The van der Waals surface area contributed by atoms with Gasteiger partial charge < -0.3 is 16.0 Å². The number of carbonyl (C=O) groups excluding carboxylic acids is 1. The largest absolute Gasteiger partial charge is 0.342 e. The fourth-order valence-corrected chi connectivity index (χ4v) is 4.33. The maximum Gasteiger partial charge on any atom is 0.222 e. The number of hydrogen-bond acceptors (Lipinski definition) is 3. The lowest BCUT2D eigenvalue weighted by molar-refractivity contribution is -0.131. The predicted molar refractivity (Wildman–Crippen MR) is 97.7 cm³/mol. The maximum absolute atomic E-state index is 12.8. The Labute approximate surface area is 145 Å². The van der Waals surface area contributed by atoms with E-state index in [0.717, 1.165) is 26.2 Å². The number of rotatable bonds is 5. The topological polar surface area (TPSA) is 58.4 Å². The zero-order valence-electron chi connectivity index (χ0n) is 14.8. The summed E-state index contributed by atoms with van der Waals surface area (Å²) < 4.78 is 0. The lowest BCUT2D eigenvalue weighted by Gasteiger charge is -2.29. The molecule has 24 heavy (non-hydrogen) atoms. The number of nitrogens with zero attached hydrogens (tertiary/aromatic N) is 1. The van der Waals surface area contributed by atoms with Crippen LogP contribution in [0.15, 0.2) is 30.3 Å². The first kappa shape index (κ1) is 17.4. The van der Waals surface area contributed by atoms with Gasteiger partial charge in [0.15, 0.2) is 0 Å². The standard InChI is InChI=1S/C20H31N3O/c1-15(17-8-5-9-22-12-17)10-20(24)23-13-18(11-21)19(14-23)16-6-3-2-4-7-16/h2-4,6-7,15,17-19,22H,5,8-14,21H2,1H3/t15?,17?,18-,19+/m1/s1. The van der Waals surface area contributed by atoms with E-state index in [9.17, 15) is 4.79 Å². The van der Waals surface area contributed by atoms with Crippen molar-refractivity contribution in [1.29, 1.82) is 0 Å². The molecule has 0 aliphatic carbocycles. The Morgan fingerprint density at radius 2 is 2.12 bits per heavy atom. The van der Waals surface area contributed by atoms with Crippen LogP contribution in [0, 0.1) is 17.8 Å². The zero-order chi connectivity index (χ0) is 16.9. The van der Waals surface area contributed by atoms with E-state index in [0.29, 0.717) is 42.5 Å². The van der Waals surface area contributed by atoms with Gasteiger partial charge in [0.2, 0.25) is 5.91 Å². The second kappa shape index (κ2) is 8.13. The van der Waals surface area contributed by atoms with Gasteiger partial charge in [-0.3, -0.25) is 4.79 Å². The Morgan fingerprint density at radius 3 is 2.79 bits per heavy atom. The van der Waals surface area contributed by atoms with Gasteiger partial charge in [-0.15, -0.1) is 0 Å². The zero-order valence-corrected chi connectivity index (χ0v) is 14.8. The summed E-state index contributed by atoms with van der Waals surface area (Å²) in [6.45, 7) is 6.70. The second-order valence-electron chi connectivity index (χ2n) is 7.60. The molecule has 2 unspecified atom stereocenters. The number of nitrogens with two attached hydrogens (primary N) is 1. The monoisotopic (exact) mass is 329 g/mol. The molecular weight excluding hydrogens is 298 g/mol. The van der Waals surface area contributed by atoms with Crippen LogP contribution in [-0.2, 0) is 4.79 Å². The lowest BCUT2D eigenvalue weighted by atomic mass is 9.85. The van der Waals surface area contributed by atoms with Crippen LogP contribution < -0.4 is 11.1 Å². The second-order valence-corrected chi connectivity index (χ2v) is 7.60. The summed E-state index contributed by atoms with van der Waals surface area (Å²) in [5.41, 5.74) is 7.31. The van der Waals surface area contributed by atoms with Crippen LogP contribution >= 0.6 is 0 Å². The number of amides is 1. The quantitative estimate of drug-likeness (QED) is 0.871. The molecule has 0 radical (unpaired) electrons. The minimum absolute atomic E-state index is 0.310. The van der Waals surface area contributed by atoms with Crippen molar-refractivity contribution in [2.24, 2.45) is 23.5 Å². The summed E-state index contributed by atoms with van der Waals surface area (Å²) in [6, 6.07) is 10.5. The first-order valence-corrected chi connectivity index (χ1v) is 9.42. The average molecular weight is 329 g/mol. The minimum atomic E-state index is 0.310. The fourth-order valence-electron chi connectivity index (χ4n) is 4.33. The van der Waals surface area contributed by atoms with E-state index in [1.54, 1.807) is 0 Å². The third kappa shape index (κ3) is 3.98. The van der Waals surface area contributed by atoms with Crippen molar-refractivity contribution >= 4 is 5.91 Å². The van der Waals surface area contributed by atoms with Crippen molar-refractivity contribution < 1.29 is 4.79 Å². The molecular formula is C20H31N3O. The van der Waals surface area contributed by atoms with Crippen LogP contribution in [0.5, 0.6) is 0 Å². The van der Waals surface area contributed by atoms with E-state index < -0.39 is 0 Å². The summed E-state index contributed by atoms with van der Waals surface area (Å²) in [6.07, 6.45) is 3.16. The molecule has 4 atom stereocenters. The summed E-state index contributed by atoms with van der Waals surface area (Å²) in [5.74, 6) is 2.16. The molecule has 2 aliphatic rings. The van der Waals surface area contributed by atoms with E-state index in [4.69, 9.17) is 5.73 Å². The van der Waals surface area contributed by atoms with Crippen LogP contribution in [-0.4, -0.2) is 43.5 Å². The molecule has 3 rings (SSSR count). The summed E-state index contributed by atoms with van der Waals surface area (Å²) in [5, 5.41) is 3.46. The molecule has 4 heteroatoms. The number of carbonyl (C=O) groups is 1. The molecule has 1 amide bonds. The molecule has 0 bridgehead atoms. The van der Waals surface area contributed by atoms with Gasteiger partial charge in [0.25, 0.3) is 0 Å². The molecule has 0 aromatic heterocycles. The minimum Gasteiger partial charge on any atom is -0.342 e. The lowest BCUT2D eigenvalue weighted by Crippen LogP contribution is -2.36. The molecule has 2 saturated heterocycles. The summed E-state index contributed by atoms with van der Waals surface area (Å²) in [4.78, 5) is 14.9. The SMILES string of the molecule is CC(CC(=O)N1C[C@@H](CN)[C@H](c2ccccc2)C1)C1CCCNC1. The average Bonchev–Trinajstić information content (AvgIpc) is 3.08. The van der Waals surface area contributed by atoms with Crippen molar-refractivity contribution in [3.8, 4) is 0 Å². The van der Waals surface area contributed by atoms with Crippen molar-refractivity contribution in [2.75, 3.05) is 32.7 Å². The Hall–Kier alpha value is -1.39. The Bertz CT molecular complexity index is 527. The van der Waals surface area contributed by atoms with E-state index in [-0.39, 0.29) is 0 Å². The highest BCUT2D eigenvalue weighted by Crippen LogP contribution is 2.33. The fraction of sp³-hybridized carbons (Fsp3) is 0.650. The highest BCUT2D eigenvalue weighted by molar-refractivity contribution is 5.77. The molecule has 4 nitrogen and oxygen atoms in total. The third-order valence-corrected chi connectivity index (χ3v) is 5.96. The van der Waals surface area contributed by atoms with E-state index in [1.807, 2.05) is 6.07 Å². The molecule has 3 N–H and O–H groups in total. The van der Waals surface area contributed by atoms with E-state index in [1.165, 1.54) is 18.4 Å². The molecule has 0 spiro atoms. The molecule has 1 aromatic rings. The van der Waals surface area contributed by atoms with Gasteiger partial charge in [-0.1, -0.05) is 37.3 Å². The number of benzene rings is 1. The van der Waals surface area contributed by atoms with E-state index in [2.05, 4.69) is 41.4 Å². The van der Waals surface area contributed by atoms with Gasteiger partial charge in [0.1, 0.15) is 0 Å². The van der Waals surface area contributed by atoms with Gasteiger partial charge in [-0.05, 0) is 55.8 Å². The number of piperidine rings is 1. The van der Waals surface area contributed by atoms with Crippen molar-refractivity contribution in [1.82, 2.24) is 10.2 Å². The van der Waals surface area contributed by atoms with Gasteiger partial charge in [0.05, 0.1) is 0 Å². The molecule has 2 heterocycles. The van der Waals surface area contributed by atoms with Gasteiger partial charge in [-0.25, -0.2) is 0 Å². The number of likely N-dealkylation sites (tertiary alicyclic amines) is 1. The predicted octanol–water partition coefficient (Wildman–Crippen LogP) is 2.21. The van der Waals surface area contributed by atoms with Crippen molar-refractivity contribution in [3.05, 3.63) is 35.9 Å². The van der Waals surface area contributed by atoms with Crippen LogP contribution in [0.2, 0.25) is 0 Å². The van der Waals surface area contributed by atoms with Gasteiger partial charge >= 0.3 is 0 Å². The molecule has 132 valence electrons. The normalized spacial score (nSPS) is 28.8. The van der Waals surface area contributed by atoms with Gasteiger partial charge in [-0.2, -0.15) is 0 Å². The molecule has 2 fully saturated rings. The Balaban J connectivity index is 1.59. The molecule has 2 aliphatic heterocycles. The Kier molecular flexibility index (Phi) is 5.90.